The van der Waals surface area contributed by atoms with Crippen molar-refractivity contribution in [3.63, 3.8) is 0 Å². The molecule has 0 saturated heterocycles. The number of nitrogens with one attached hydrogen (secondary N) is 1. The normalized spacial score (nSPS) is 11.3. The van der Waals surface area contributed by atoms with E-state index < -0.39 is 0 Å². The van der Waals surface area contributed by atoms with Gasteiger partial charge in [0.15, 0.2) is 0 Å². The Morgan fingerprint density at radius 1 is 0.943 bits per heavy atom. The molecule has 0 aliphatic heterocycles. The van der Waals surface area contributed by atoms with Gasteiger partial charge in [-0.05, 0) is 0 Å². The molecule has 4 aromatic rings. The van der Waals surface area contributed by atoms with Gasteiger partial charge < -0.3 is 0 Å². The van der Waals surface area contributed by atoms with E-state index in [0.29, 0.717) is 9.49 Å². The average Bonchev–Trinajstić information content (AvgIpc) is 3.40. The summed E-state index contributed by atoms with van der Waals surface area (Å²) in [5, 5.41) is 4.14. The number of carbonyl (C=O) groups excluding carboxylic acids is 1. The van der Waals surface area contributed by atoms with Crippen LogP contribution in [0.5, 0.6) is 0 Å². The number of thioether (sulfide) groups is 1. The molecule has 1 N–H and O–H groups in total. The van der Waals surface area contributed by atoms with Crippen molar-refractivity contribution in [2.75, 3.05) is 26.7 Å². The van der Waals surface area contributed by atoms with Gasteiger partial charge in [-0.1, -0.05) is 91.0 Å². The van der Waals surface area contributed by atoms with Gasteiger partial charge in [0.1, 0.15) is 0 Å². The number of anilines is 1. The summed E-state index contributed by atoms with van der Waals surface area (Å²) < 4.78 is 6.67. The fourth-order valence-electron chi connectivity index (χ4n) is 3.82. The Hall–Kier alpha value is -2.36. The van der Waals surface area contributed by atoms with Gasteiger partial charge in [0.2, 0.25) is 0 Å². The monoisotopic (exact) mass is 615 g/mol. The van der Waals surface area contributed by atoms with Gasteiger partial charge in [-0.15, -0.1) is 0 Å². The fourth-order valence-corrected chi connectivity index (χ4v) is 6.91. The first kappa shape index (κ1) is 25.7. The number of ether oxygens (including phenoxy) is 1. The predicted molar refractivity (Wildman–Crippen MR) is 143 cm³/mol. The van der Waals surface area contributed by atoms with Crippen LogP contribution in [0.1, 0.15) is 33.3 Å². The van der Waals surface area contributed by atoms with Crippen LogP contribution in [-0.2, 0) is 9.48 Å². The number of esters is 1. The van der Waals surface area contributed by atoms with E-state index in [1.807, 2.05) is 11.8 Å². The molecular weight excluding hydrogens is 587 g/mol. The molecule has 1 aromatic heterocycles. The molecule has 4 nitrogen and oxygen atoms in total. The number of thiazole rings is 1. The third kappa shape index (κ3) is 6.45. The molecule has 35 heavy (non-hydrogen) atoms. The van der Waals surface area contributed by atoms with E-state index in [9.17, 15) is 4.79 Å². The van der Waals surface area contributed by atoms with Gasteiger partial charge in [-0.25, -0.2) is 0 Å². The number of benzene rings is 3. The number of hydrogen-bond donors (Lipinski definition) is 1. The van der Waals surface area contributed by atoms with E-state index in [1.165, 1.54) is 28.0 Å². The number of hydrogen-bond acceptors (Lipinski definition) is 6. The molecule has 0 aliphatic rings. The molecule has 4 rings (SSSR count). The predicted octanol–water partition coefficient (Wildman–Crippen LogP) is 3.50. The zero-order valence-electron chi connectivity index (χ0n) is 19.5. The average molecular weight is 616 g/mol. The molecule has 0 bridgehead atoms. The van der Waals surface area contributed by atoms with E-state index in [-0.39, 0.29) is 31.9 Å². The second kappa shape index (κ2) is 13.1. The van der Waals surface area contributed by atoms with Gasteiger partial charge in [0, 0.05) is 0 Å². The number of halogens is 1. The summed E-state index contributed by atoms with van der Waals surface area (Å²) >= 11 is 3.20. The van der Waals surface area contributed by atoms with Crippen LogP contribution in [0.15, 0.2) is 97.2 Å². The van der Waals surface area contributed by atoms with Gasteiger partial charge in [0.25, 0.3) is 0 Å². The van der Waals surface area contributed by atoms with Crippen molar-refractivity contribution in [2.45, 2.75) is 11.7 Å². The second-order valence-electron chi connectivity index (χ2n) is 7.58. The van der Waals surface area contributed by atoms with Crippen LogP contribution in [0, 0.1) is 0 Å². The summed E-state index contributed by atoms with van der Waals surface area (Å²) in [7, 11) is 0. The molecule has 0 aliphatic carbocycles. The topological polar surface area (TPSA) is 51.2 Å². The van der Waals surface area contributed by atoms with Crippen molar-refractivity contribution in [2.24, 2.45) is 0 Å². The molecule has 3 aromatic carbocycles. The van der Waals surface area contributed by atoms with E-state index in [2.05, 4.69) is 108 Å². The number of nitrogens with zero attached hydrogens (tertiary/aromatic N) is 1. The van der Waals surface area contributed by atoms with E-state index in [1.54, 1.807) is 6.20 Å². The molecule has 1 heterocycles. The quantitative estimate of drug-likeness (QED) is 0.0870. The van der Waals surface area contributed by atoms with E-state index in [4.69, 9.17) is 4.74 Å². The summed E-state index contributed by atoms with van der Waals surface area (Å²) in [6.07, 6.45) is 1.61. The van der Waals surface area contributed by atoms with Crippen LogP contribution >= 0.6 is 23.1 Å². The Kier molecular flexibility index (Phi) is 9.62. The van der Waals surface area contributed by atoms with Crippen LogP contribution < -0.4 is 26.5 Å². The van der Waals surface area contributed by atoms with Crippen LogP contribution in [0.3, 0.4) is 0 Å². The van der Waals surface area contributed by atoms with Crippen LogP contribution in [0.2, 0.25) is 0 Å². The Morgan fingerprint density at radius 3 is 2.00 bits per heavy atom. The molecule has 0 atom stereocenters. The van der Waals surface area contributed by atoms with Gasteiger partial charge >= 0.3 is 136 Å². The Morgan fingerprint density at radius 2 is 1.49 bits per heavy atom. The fraction of sp³-hybridized carbons (Fsp3) is 0.214. The number of alkyl halides is 2. The first-order valence-corrected chi connectivity index (χ1v) is 16.3. The number of carbonyl (C=O) groups is 1. The van der Waals surface area contributed by atoms with Crippen LogP contribution in [0.25, 0.3) is 0 Å². The molecule has 182 valence electrons. The molecule has 0 spiro atoms. The summed E-state index contributed by atoms with van der Waals surface area (Å²) in [5.41, 5.74) is 3.74. The molecule has 0 radical (unpaired) electrons. The molecule has 0 fully saturated rings. The van der Waals surface area contributed by atoms with Crippen molar-refractivity contribution in [3.8, 4) is 0 Å². The molecule has 0 unspecified atom stereocenters. The van der Waals surface area contributed by atoms with Crippen molar-refractivity contribution in [1.82, 2.24) is 4.98 Å². The Balaban J connectivity index is 1.51. The SMILES string of the molecule is CC[I-]COC(=O)c1cnc(NCCSC(c2ccccc2)(c2ccccc2)c2ccccc2)s1. The summed E-state index contributed by atoms with van der Waals surface area (Å²) in [5.74, 6) is 0.577. The summed E-state index contributed by atoms with van der Waals surface area (Å²) in [4.78, 5) is 17.1. The summed E-state index contributed by atoms with van der Waals surface area (Å²) in [6.45, 7) is 2.85. The van der Waals surface area contributed by atoms with Gasteiger partial charge in [-0.2, -0.15) is 0 Å². The number of rotatable bonds is 12. The van der Waals surface area contributed by atoms with E-state index >= 15 is 0 Å². The summed E-state index contributed by atoms with van der Waals surface area (Å²) in [6, 6.07) is 32.1. The van der Waals surface area contributed by atoms with E-state index in [0.717, 1.165) is 21.9 Å². The van der Waals surface area contributed by atoms with Crippen LogP contribution in [0.4, 0.5) is 5.13 Å². The standard InChI is InChI=1S/C28H28IN2O2S2/c1-2-29-21-33-26(32)25-20-31-27(35-25)30-18-19-34-28(22-12-6-3-7-13-22,23-14-8-4-9-15-23)24-16-10-5-11-17-24/h3-17,20H,2,18-19,21H2,1H3,(H,30,31)/q-1. The second-order valence-corrected chi connectivity index (χ2v) is 13.1. The minimum absolute atomic E-state index is 0.0506. The minimum atomic E-state index is -0.342. The third-order valence-corrected chi connectivity index (χ3v) is 9.71. The van der Waals surface area contributed by atoms with Gasteiger partial charge in [0.05, 0.1) is 0 Å². The first-order chi connectivity index (χ1) is 17.2. The van der Waals surface area contributed by atoms with Crippen molar-refractivity contribution in [3.05, 3.63) is 119 Å². The maximum atomic E-state index is 12.2. The molecule has 7 heteroatoms. The Labute approximate surface area is 225 Å². The number of aromatic nitrogens is 1. The first-order valence-electron chi connectivity index (χ1n) is 11.4. The molecule has 0 saturated carbocycles. The zero-order valence-corrected chi connectivity index (χ0v) is 23.3. The third-order valence-electron chi connectivity index (χ3n) is 5.40. The molecule has 0 amide bonds. The Bertz CT molecular complexity index is 1090. The maximum absolute atomic E-state index is 12.2. The zero-order chi connectivity index (χ0) is 24.3. The van der Waals surface area contributed by atoms with Crippen molar-refractivity contribution in [1.29, 1.82) is 0 Å². The van der Waals surface area contributed by atoms with Crippen molar-refractivity contribution < 1.29 is 30.7 Å². The molecular formula is C28H28IN2O2S2-. The van der Waals surface area contributed by atoms with Gasteiger partial charge in [-0.3, -0.25) is 0 Å². The van der Waals surface area contributed by atoms with Crippen LogP contribution in [-0.4, -0.2) is 32.3 Å². The van der Waals surface area contributed by atoms with Crippen molar-refractivity contribution >= 4 is 34.2 Å².